The topological polar surface area (TPSA) is 75.7 Å². The molecule has 0 saturated carbocycles. The molecule has 0 aliphatic heterocycles. The third-order valence-electron chi connectivity index (χ3n) is 3.17. The van der Waals surface area contributed by atoms with Gasteiger partial charge in [-0.3, -0.25) is 10.1 Å². The highest BCUT2D eigenvalue weighted by atomic mass is 32.2. The highest BCUT2D eigenvalue weighted by Crippen LogP contribution is 2.29. The minimum absolute atomic E-state index is 0.296. The summed E-state index contributed by atoms with van der Waals surface area (Å²) >= 11 is 0. The van der Waals surface area contributed by atoms with Crippen molar-refractivity contribution in [3.8, 4) is 22.4 Å². The molecule has 1 N–H and O–H groups in total. The Morgan fingerprint density at radius 3 is 2.43 bits per heavy atom. The standard InChI is InChI=1S/C15H13N3O2S/c1-21(19,20)13-6-4-11(5-7-13)15-14(10-17-18-15)12-3-2-8-16-9-12/h2-10H,1H3,(H,17,18). The van der Waals surface area contributed by atoms with Gasteiger partial charge < -0.3 is 0 Å². The summed E-state index contributed by atoms with van der Waals surface area (Å²) in [6, 6.07) is 10.5. The second-order valence-electron chi connectivity index (χ2n) is 4.69. The molecular weight excluding hydrogens is 286 g/mol. The van der Waals surface area contributed by atoms with Crippen LogP contribution in [0, 0.1) is 0 Å². The first-order chi connectivity index (χ1) is 10.1. The second kappa shape index (κ2) is 5.14. The van der Waals surface area contributed by atoms with Gasteiger partial charge in [0, 0.05) is 41.5 Å². The number of nitrogens with one attached hydrogen (secondary N) is 1. The van der Waals surface area contributed by atoms with Crippen LogP contribution in [-0.4, -0.2) is 29.9 Å². The fourth-order valence-corrected chi connectivity index (χ4v) is 2.74. The number of hydrogen-bond acceptors (Lipinski definition) is 4. The van der Waals surface area contributed by atoms with Crippen molar-refractivity contribution < 1.29 is 8.42 Å². The van der Waals surface area contributed by atoms with Crippen LogP contribution in [0.15, 0.2) is 59.9 Å². The van der Waals surface area contributed by atoms with E-state index in [1.54, 1.807) is 42.9 Å². The summed E-state index contributed by atoms with van der Waals surface area (Å²) in [6.07, 6.45) is 6.47. The van der Waals surface area contributed by atoms with E-state index in [0.29, 0.717) is 4.90 Å². The van der Waals surface area contributed by atoms with E-state index in [4.69, 9.17) is 0 Å². The molecular formula is C15H13N3O2S. The molecule has 3 aromatic rings. The molecule has 0 aliphatic carbocycles. The minimum Gasteiger partial charge on any atom is -0.284 e. The number of rotatable bonds is 3. The number of H-pyrrole nitrogens is 1. The molecule has 21 heavy (non-hydrogen) atoms. The van der Waals surface area contributed by atoms with Gasteiger partial charge >= 0.3 is 0 Å². The Kier molecular flexibility index (Phi) is 3.31. The fraction of sp³-hybridized carbons (Fsp3) is 0.0667. The van der Waals surface area contributed by atoms with E-state index in [-0.39, 0.29) is 0 Å². The van der Waals surface area contributed by atoms with Gasteiger partial charge in [0.25, 0.3) is 0 Å². The summed E-state index contributed by atoms with van der Waals surface area (Å²) in [5.41, 5.74) is 3.49. The van der Waals surface area contributed by atoms with Crippen LogP contribution < -0.4 is 0 Å². The third kappa shape index (κ3) is 2.71. The number of aromatic amines is 1. The molecule has 0 radical (unpaired) electrons. The Morgan fingerprint density at radius 2 is 1.81 bits per heavy atom. The monoisotopic (exact) mass is 299 g/mol. The third-order valence-corrected chi connectivity index (χ3v) is 4.30. The Bertz CT molecular complexity index is 853. The summed E-state index contributed by atoms with van der Waals surface area (Å²) in [7, 11) is -3.19. The predicted octanol–water partition coefficient (Wildman–Crippen LogP) is 2.54. The molecule has 0 atom stereocenters. The summed E-state index contributed by atoms with van der Waals surface area (Å²) in [4.78, 5) is 4.40. The van der Waals surface area contributed by atoms with Gasteiger partial charge in [0.1, 0.15) is 0 Å². The van der Waals surface area contributed by atoms with E-state index < -0.39 is 9.84 Å². The molecule has 0 amide bonds. The minimum atomic E-state index is -3.19. The number of nitrogens with zero attached hydrogens (tertiary/aromatic N) is 2. The van der Waals surface area contributed by atoms with Gasteiger partial charge in [-0.25, -0.2) is 8.42 Å². The van der Waals surface area contributed by atoms with Crippen LogP contribution in [0.1, 0.15) is 0 Å². The lowest BCUT2D eigenvalue weighted by atomic mass is 10.0. The van der Waals surface area contributed by atoms with Crippen molar-refractivity contribution >= 4 is 9.84 Å². The first-order valence-electron chi connectivity index (χ1n) is 6.30. The highest BCUT2D eigenvalue weighted by molar-refractivity contribution is 7.90. The normalized spacial score (nSPS) is 11.5. The number of aromatic nitrogens is 3. The predicted molar refractivity (Wildman–Crippen MR) is 80.4 cm³/mol. The molecule has 0 aliphatic rings. The molecule has 0 bridgehead atoms. The zero-order valence-electron chi connectivity index (χ0n) is 11.3. The van der Waals surface area contributed by atoms with Gasteiger partial charge in [-0.05, 0) is 18.2 Å². The van der Waals surface area contributed by atoms with Crippen molar-refractivity contribution in [2.45, 2.75) is 4.90 Å². The maximum absolute atomic E-state index is 11.5. The van der Waals surface area contributed by atoms with Crippen LogP contribution in [0.4, 0.5) is 0 Å². The van der Waals surface area contributed by atoms with Crippen molar-refractivity contribution in [1.29, 1.82) is 0 Å². The number of sulfone groups is 1. The van der Waals surface area contributed by atoms with Gasteiger partial charge in [0.2, 0.25) is 0 Å². The molecule has 0 fully saturated rings. The molecule has 6 heteroatoms. The lowest BCUT2D eigenvalue weighted by Gasteiger charge is -2.04. The van der Waals surface area contributed by atoms with Crippen LogP contribution in [0.3, 0.4) is 0 Å². The molecule has 5 nitrogen and oxygen atoms in total. The van der Waals surface area contributed by atoms with Crippen LogP contribution >= 0.6 is 0 Å². The van der Waals surface area contributed by atoms with Crippen LogP contribution in [0.25, 0.3) is 22.4 Å². The van der Waals surface area contributed by atoms with E-state index in [2.05, 4.69) is 15.2 Å². The second-order valence-corrected chi connectivity index (χ2v) is 6.70. The SMILES string of the molecule is CS(=O)(=O)c1ccc(-c2n[nH]cc2-c2cccnc2)cc1. The highest BCUT2D eigenvalue weighted by Gasteiger charge is 2.12. The van der Waals surface area contributed by atoms with E-state index in [1.807, 2.05) is 12.1 Å². The van der Waals surface area contributed by atoms with Crippen molar-refractivity contribution in [3.05, 3.63) is 55.0 Å². The average molecular weight is 299 g/mol. The van der Waals surface area contributed by atoms with Crippen molar-refractivity contribution in [1.82, 2.24) is 15.2 Å². The lowest BCUT2D eigenvalue weighted by Crippen LogP contribution is -1.96. The molecule has 1 aromatic carbocycles. The van der Waals surface area contributed by atoms with Gasteiger partial charge in [0.15, 0.2) is 9.84 Å². The molecule has 3 rings (SSSR count). The Morgan fingerprint density at radius 1 is 1.05 bits per heavy atom. The molecule has 0 saturated heterocycles. The maximum Gasteiger partial charge on any atom is 0.175 e. The lowest BCUT2D eigenvalue weighted by molar-refractivity contribution is 0.602. The Labute approximate surface area is 122 Å². The quantitative estimate of drug-likeness (QED) is 0.806. The largest absolute Gasteiger partial charge is 0.284 e. The molecule has 0 spiro atoms. The molecule has 0 unspecified atom stereocenters. The first-order valence-corrected chi connectivity index (χ1v) is 8.19. The van der Waals surface area contributed by atoms with Gasteiger partial charge in [-0.2, -0.15) is 5.10 Å². The van der Waals surface area contributed by atoms with E-state index in [9.17, 15) is 8.42 Å². The zero-order chi connectivity index (χ0) is 14.9. The van der Waals surface area contributed by atoms with E-state index in [0.717, 1.165) is 22.4 Å². The van der Waals surface area contributed by atoms with Crippen LogP contribution in [0.2, 0.25) is 0 Å². The summed E-state index contributed by atoms with van der Waals surface area (Å²) < 4.78 is 23.0. The van der Waals surface area contributed by atoms with Crippen molar-refractivity contribution in [2.24, 2.45) is 0 Å². The van der Waals surface area contributed by atoms with E-state index in [1.165, 1.54) is 6.26 Å². The molecule has 2 heterocycles. The maximum atomic E-state index is 11.5. The molecule has 2 aromatic heterocycles. The number of pyridine rings is 1. The summed E-state index contributed by atoms with van der Waals surface area (Å²) in [5, 5.41) is 7.10. The molecule has 106 valence electrons. The van der Waals surface area contributed by atoms with Crippen LogP contribution in [0.5, 0.6) is 0 Å². The van der Waals surface area contributed by atoms with Gasteiger partial charge in [-0.1, -0.05) is 18.2 Å². The van der Waals surface area contributed by atoms with Crippen molar-refractivity contribution in [3.63, 3.8) is 0 Å². The fourth-order valence-electron chi connectivity index (χ4n) is 2.11. The van der Waals surface area contributed by atoms with Crippen LogP contribution in [-0.2, 0) is 9.84 Å². The average Bonchev–Trinajstić information content (AvgIpc) is 2.97. The van der Waals surface area contributed by atoms with Gasteiger partial charge in [0.05, 0.1) is 10.6 Å². The van der Waals surface area contributed by atoms with Gasteiger partial charge in [-0.15, -0.1) is 0 Å². The Balaban J connectivity index is 2.05. The first kappa shape index (κ1) is 13.5. The Hall–Kier alpha value is -2.47. The van der Waals surface area contributed by atoms with Crippen molar-refractivity contribution in [2.75, 3.05) is 6.26 Å². The smallest absolute Gasteiger partial charge is 0.175 e. The summed E-state index contributed by atoms with van der Waals surface area (Å²) in [5.74, 6) is 0. The summed E-state index contributed by atoms with van der Waals surface area (Å²) in [6.45, 7) is 0. The number of hydrogen-bond donors (Lipinski definition) is 1. The van der Waals surface area contributed by atoms with E-state index >= 15 is 0 Å². The number of benzene rings is 1. The zero-order valence-corrected chi connectivity index (χ0v) is 12.1.